The second-order valence-corrected chi connectivity index (χ2v) is 8.76. The zero-order chi connectivity index (χ0) is 22.1. The summed E-state index contributed by atoms with van der Waals surface area (Å²) in [5.41, 5.74) is 1.09. The molecular weight excluding hydrogens is 374 g/mol. The predicted octanol–water partition coefficient (Wildman–Crippen LogP) is 7.12. The summed E-state index contributed by atoms with van der Waals surface area (Å²) in [4.78, 5) is 11.7. The minimum Gasteiger partial charge on any atom is -0.462 e. The number of unbranched alkanes of at least 4 members (excludes halogenated alkanes) is 9. The third kappa shape index (κ3) is 12.9. The second-order valence-electron chi connectivity index (χ2n) is 8.76. The van der Waals surface area contributed by atoms with Gasteiger partial charge in [0.15, 0.2) is 0 Å². The lowest BCUT2D eigenvalue weighted by molar-refractivity contribution is 0.0367. The van der Waals surface area contributed by atoms with Crippen molar-refractivity contribution in [3.05, 3.63) is 29.8 Å². The number of hydrogen-bond acceptors (Lipinski definition) is 4. The summed E-state index contributed by atoms with van der Waals surface area (Å²) < 4.78 is 5.00. The lowest BCUT2D eigenvalue weighted by Crippen LogP contribution is -2.23. The van der Waals surface area contributed by atoms with E-state index in [0.29, 0.717) is 12.2 Å². The molecule has 0 amide bonds. The van der Waals surface area contributed by atoms with Crippen LogP contribution in [-0.4, -0.2) is 29.8 Å². The standard InChI is InChI=1S/C26H45NO3/c1-4-6-7-8-9-10-11-13-20-26(3,29)21-14-12-15-22-27-24-18-16-23(17-19-24)25(28)30-5-2/h16-19,27,29H,4-15,20-22H2,1-3H3. The van der Waals surface area contributed by atoms with Gasteiger partial charge in [-0.2, -0.15) is 0 Å². The third-order valence-electron chi connectivity index (χ3n) is 5.69. The van der Waals surface area contributed by atoms with Gasteiger partial charge in [-0.1, -0.05) is 71.1 Å². The van der Waals surface area contributed by atoms with E-state index in [1.54, 1.807) is 12.1 Å². The van der Waals surface area contributed by atoms with Crippen molar-refractivity contribution in [3.63, 3.8) is 0 Å². The molecule has 0 spiro atoms. The fourth-order valence-corrected chi connectivity index (χ4v) is 3.74. The number of esters is 1. The molecule has 1 atom stereocenters. The van der Waals surface area contributed by atoms with Gasteiger partial charge >= 0.3 is 5.97 Å². The SMILES string of the molecule is CCCCCCCCCCC(C)(O)CCCCCNc1ccc(C(=O)OCC)cc1. The van der Waals surface area contributed by atoms with Crippen LogP contribution in [0.3, 0.4) is 0 Å². The molecule has 1 rings (SSSR count). The highest BCUT2D eigenvalue weighted by molar-refractivity contribution is 5.89. The van der Waals surface area contributed by atoms with Gasteiger partial charge in [0.1, 0.15) is 0 Å². The summed E-state index contributed by atoms with van der Waals surface area (Å²) in [6, 6.07) is 7.42. The van der Waals surface area contributed by atoms with Crippen molar-refractivity contribution in [2.24, 2.45) is 0 Å². The van der Waals surface area contributed by atoms with E-state index in [1.807, 2.05) is 26.0 Å². The summed E-state index contributed by atoms with van der Waals surface area (Å²) in [6.45, 7) is 7.36. The number of nitrogens with one attached hydrogen (secondary N) is 1. The Kier molecular flexibility index (Phi) is 14.3. The number of aliphatic hydroxyl groups is 1. The lowest BCUT2D eigenvalue weighted by Gasteiger charge is -2.23. The largest absolute Gasteiger partial charge is 0.462 e. The molecule has 0 fully saturated rings. The Morgan fingerprint density at radius 1 is 0.867 bits per heavy atom. The lowest BCUT2D eigenvalue weighted by atomic mass is 9.92. The first-order valence-electron chi connectivity index (χ1n) is 12.2. The van der Waals surface area contributed by atoms with Crippen LogP contribution in [0, 0.1) is 0 Å². The van der Waals surface area contributed by atoms with E-state index in [1.165, 1.54) is 44.9 Å². The topological polar surface area (TPSA) is 58.6 Å². The molecular formula is C26H45NO3. The van der Waals surface area contributed by atoms with Gasteiger partial charge in [-0.3, -0.25) is 0 Å². The maximum atomic E-state index is 11.7. The van der Waals surface area contributed by atoms with Gasteiger partial charge in [0.2, 0.25) is 0 Å². The highest BCUT2D eigenvalue weighted by Crippen LogP contribution is 2.22. The molecule has 0 radical (unpaired) electrons. The first kappa shape index (κ1) is 26.5. The Balaban J connectivity index is 2.05. The van der Waals surface area contributed by atoms with Gasteiger partial charge in [-0.15, -0.1) is 0 Å². The molecule has 0 saturated carbocycles. The fourth-order valence-electron chi connectivity index (χ4n) is 3.74. The molecule has 0 aliphatic carbocycles. The molecule has 1 aromatic carbocycles. The van der Waals surface area contributed by atoms with Crippen molar-refractivity contribution in [2.45, 2.75) is 110 Å². The summed E-state index contributed by atoms with van der Waals surface area (Å²) in [7, 11) is 0. The Labute approximate surface area is 184 Å². The normalized spacial score (nSPS) is 13.1. The molecule has 4 heteroatoms. The first-order valence-corrected chi connectivity index (χ1v) is 12.2. The zero-order valence-electron chi connectivity index (χ0n) is 19.7. The zero-order valence-corrected chi connectivity index (χ0v) is 19.7. The Morgan fingerprint density at radius 2 is 1.40 bits per heavy atom. The number of benzene rings is 1. The van der Waals surface area contributed by atoms with Crippen molar-refractivity contribution < 1.29 is 14.6 Å². The van der Waals surface area contributed by atoms with Crippen LogP contribution in [0.4, 0.5) is 5.69 Å². The van der Waals surface area contributed by atoms with E-state index in [4.69, 9.17) is 4.74 Å². The van der Waals surface area contributed by atoms with Crippen LogP contribution >= 0.6 is 0 Å². The second kappa shape index (κ2) is 16.2. The fraction of sp³-hybridized carbons (Fsp3) is 0.731. The monoisotopic (exact) mass is 419 g/mol. The van der Waals surface area contributed by atoms with Crippen LogP contribution in [0.1, 0.15) is 115 Å². The highest BCUT2D eigenvalue weighted by Gasteiger charge is 2.18. The average molecular weight is 420 g/mol. The molecule has 2 N–H and O–H groups in total. The number of rotatable bonds is 18. The molecule has 0 saturated heterocycles. The van der Waals surface area contributed by atoms with Gasteiger partial charge in [-0.25, -0.2) is 4.79 Å². The van der Waals surface area contributed by atoms with E-state index in [-0.39, 0.29) is 5.97 Å². The van der Waals surface area contributed by atoms with E-state index < -0.39 is 5.60 Å². The Morgan fingerprint density at radius 3 is 1.97 bits per heavy atom. The van der Waals surface area contributed by atoms with Gasteiger partial charge < -0.3 is 15.2 Å². The minimum atomic E-state index is -0.515. The summed E-state index contributed by atoms with van der Waals surface area (Å²) in [5, 5.41) is 14.0. The third-order valence-corrected chi connectivity index (χ3v) is 5.69. The van der Waals surface area contributed by atoms with Gasteiger partial charge in [0.05, 0.1) is 17.8 Å². The number of hydrogen-bond donors (Lipinski definition) is 2. The molecule has 1 unspecified atom stereocenters. The predicted molar refractivity (Wildman–Crippen MR) is 127 cm³/mol. The average Bonchev–Trinajstić information content (AvgIpc) is 2.73. The van der Waals surface area contributed by atoms with Crippen molar-refractivity contribution in [1.82, 2.24) is 0 Å². The van der Waals surface area contributed by atoms with Gasteiger partial charge in [0.25, 0.3) is 0 Å². The number of ether oxygens (including phenoxy) is 1. The van der Waals surface area contributed by atoms with E-state index >= 15 is 0 Å². The number of carbonyl (C=O) groups excluding carboxylic acids is 1. The molecule has 1 aromatic rings. The molecule has 0 aromatic heterocycles. The molecule has 0 heterocycles. The Hall–Kier alpha value is -1.55. The highest BCUT2D eigenvalue weighted by atomic mass is 16.5. The van der Waals surface area contributed by atoms with Crippen LogP contribution in [0.5, 0.6) is 0 Å². The van der Waals surface area contributed by atoms with Crippen LogP contribution < -0.4 is 5.32 Å². The van der Waals surface area contributed by atoms with Gasteiger partial charge in [-0.05, 0) is 57.4 Å². The van der Waals surface area contributed by atoms with Crippen LogP contribution in [0.2, 0.25) is 0 Å². The van der Waals surface area contributed by atoms with Crippen LogP contribution in [0.15, 0.2) is 24.3 Å². The van der Waals surface area contributed by atoms with Crippen molar-refractivity contribution >= 4 is 11.7 Å². The summed E-state index contributed by atoms with van der Waals surface area (Å²) in [6.07, 6.45) is 15.5. The molecule has 4 nitrogen and oxygen atoms in total. The van der Waals surface area contributed by atoms with E-state index in [9.17, 15) is 9.90 Å². The van der Waals surface area contributed by atoms with Crippen LogP contribution in [-0.2, 0) is 4.74 Å². The van der Waals surface area contributed by atoms with Crippen molar-refractivity contribution in [3.8, 4) is 0 Å². The Bertz CT molecular complexity index is 554. The maximum absolute atomic E-state index is 11.7. The summed E-state index contributed by atoms with van der Waals surface area (Å²) in [5.74, 6) is -0.275. The summed E-state index contributed by atoms with van der Waals surface area (Å²) >= 11 is 0. The maximum Gasteiger partial charge on any atom is 0.338 e. The molecule has 0 aliphatic heterocycles. The smallest absolute Gasteiger partial charge is 0.338 e. The number of carbonyl (C=O) groups is 1. The van der Waals surface area contributed by atoms with E-state index in [0.717, 1.165) is 50.8 Å². The van der Waals surface area contributed by atoms with E-state index in [2.05, 4.69) is 12.2 Å². The van der Waals surface area contributed by atoms with Gasteiger partial charge in [0, 0.05) is 12.2 Å². The quantitative estimate of drug-likeness (QED) is 0.196. The number of anilines is 1. The van der Waals surface area contributed by atoms with Crippen LogP contribution in [0.25, 0.3) is 0 Å². The first-order chi connectivity index (χ1) is 14.5. The molecule has 172 valence electrons. The van der Waals surface area contributed by atoms with Crippen molar-refractivity contribution in [2.75, 3.05) is 18.5 Å². The van der Waals surface area contributed by atoms with Crippen molar-refractivity contribution in [1.29, 1.82) is 0 Å². The molecule has 30 heavy (non-hydrogen) atoms. The minimum absolute atomic E-state index is 0.275. The molecule has 0 aliphatic rings. The molecule has 0 bridgehead atoms.